The summed E-state index contributed by atoms with van der Waals surface area (Å²) in [5.74, 6) is 2.96. The molecule has 0 fully saturated rings. The summed E-state index contributed by atoms with van der Waals surface area (Å²) in [5.41, 5.74) is 2.08. The molecule has 0 amide bonds. The average molecular weight is 537 g/mol. The predicted octanol–water partition coefficient (Wildman–Crippen LogP) is 3.57. The van der Waals surface area contributed by atoms with Gasteiger partial charge in [0.1, 0.15) is 17.2 Å². The molecule has 162 valence electrons. The highest BCUT2D eigenvalue weighted by Gasteiger charge is 2.14. The third-order valence-electron chi connectivity index (χ3n) is 4.52. The van der Waals surface area contributed by atoms with E-state index in [9.17, 15) is 0 Å². The smallest absolute Gasteiger partial charge is 0.193 e. The van der Waals surface area contributed by atoms with Gasteiger partial charge in [-0.25, -0.2) is 0 Å². The Morgan fingerprint density at radius 2 is 1.76 bits per heavy atom. The maximum atomic E-state index is 6.07. The van der Waals surface area contributed by atoms with E-state index in [-0.39, 0.29) is 24.0 Å². The van der Waals surface area contributed by atoms with Crippen molar-refractivity contribution in [1.29, 1.82) is 0 Å². The molecule has 2 aromatic rings. The average Bonchev–Trinajstić information content (AvgIpc) is 3.01. The number of benzene rings is 1. The van der Waals surface area contributed by atoms with Gasteiger partial charge < -0.3 is 29.0 Å². The molecule has 0 atom stereocenters. The van der Waals surface area contributed by atoms with E-state index in [1.54, 1.807) is 28.4 Å². The third-order valence-corrected chi connectivity index (χ3v) is 4.73. The fourth-order valence-electron chi connectivity index (χ4n) is 3.05. The van der Waals surface area contributed by atoms with Crippen LogP contribution in [0.15, 0.2) is 29.4 Å². The van der Waals surface area contributed by atoms with Crippen LogP contribution in [0.4, 0.5) is 0 Å². The van der Waals surface area contributed by atoms with Gasteiger partial charge in [0.05, 0.1) is 32.9 Å². The van der Waals surface area contributed by atoms with Gasteiger partial charge >= 0.3 is 0 Å². The lowest BCUT2D eigenvalue weighted by molar-refractivity contribution is 0.368. The van der Waals surface area contributed by atoms with Gasteiger partial charge in [0.25, 0.3) is 0 Å². The third kappa shape index (κ3) is 6.60. The maximum Gasteiger partial charge on any atom is 0.193 e. The van der Waals surface area contributed by atoms with Crippen molar-refractivity contribution in [3.8, 4) is 17.2 Å². The molecule has 9 heteroatoms. The minimum atomic E-state index is 0. The topological polar surface area (TPSA) is 60.3 Å². The van der Waals surface area contributed by atoms with Crippen molar-refractivity contribution in [1.82, 2.24) is 14.8 Å². The van der Waals surface area contributed by atoms with Gasteiger partial charge in [-0.15, -0.1) is 24.0 Å². The van der Waals surface area contributed by atoms with Crippen molar-refractivity contribution in [2.75, 3.05) is 42.0 Å². The molecule has 0 saturated carbocycles. The zero-order chi connectivity index (χ0) is 20.7. The quantitative estimate of drug-likeness (QED) is 0.318. The first-order chi connectivity index (χ1) is 13.4. The second-order valence-electron chi connectivity index (χ2n) is 6.35. The van der Waals surface area contributed by atoms with Crippen LogP contribution < -0.4 is 19.5 Å². The summed E-state index contributed by atoms with van der Waals surface area (Å²) >= 11 is 6.07. The first-order valence-corrected chi connectivity index (χ1v) is 9.32. The van der Waals surface area contributed by atoms with E-state index in [4.69, 9.17) is 25.8 Å². The summed E-state index contributed by atoms with van der Waals surface area (Å²) in [4.78, 5) is 6.42. The van der Waals surface area contributed by atoms with E-state index in [1.165, 1.54) is 0 Å². The highest BCUT2D eigenvalue weighted by molar-refractivity contribution is 14.0. The summed E-state index contributed by atoms with van der Waals surface area (Å²) in [7, 11) is 10.6. The van der Waals surface area contributed by atoms with Gasteiger partial charge in [-0.3, -0.25) is 4.99 Å². The molecule has 1 aromatic carbocycles. The van der Waals surface area contributed by atoms with E-state index >= 15 is 0 Å². The molecule has 29 heavy (non-hydrogen) atoms. The lowest BCUT2D eigenvalue weighted by atomic mass is 10.1. The molecule has 0 aliphatic rings. The maximum absolute atomic E-state index is 6.07. The summed E-state index contributed by atoms with van der Waals surface area (Å²) in [6, 6.07) is 5.67. The first-order valence-electron chi connectivity index (χ1n) is 8.94. The molecule has 0 radical (unpaired) electrons. The van der Waals surface area contributed by atoms with Crippen LogP contribution in [0.1, 0.15) is 11.3 Å². The Labute approximate surface area is 195 Å². The SMILES string of the molecule is CN=C(NCCc1c(OC)cc(OC)cc1OC)N(C)Cc1cc(Cl)cn1C.I. The molecule has 0 saturated heterocycles. The van der Waals surface area contributed by atoms with E-state index < -0.39 is 0 Å². The van der Waals surface area contributed by atoms with Crippen LogP contribution in [-0.4, -0.2) is 57.4 Å². The number of rotatable bonds is 8. The van der Waals surface area contributed by atoms with Crippen LogP contribution in [0.3, 0.4) is 0 Å². The molecule has 7 nitrogen and oxygen atoms in total. The van der Waals surface area contributed by atoms with Crippen LogP contribution in [0.5, 0.6) is 17.2 Å². The normalized spacial score (nSPS) is 10.9. The molecule has 1 N–H and O–H groups in total. The van der Waals surface area contributed by atoms with Gasteiger partial charge in [-0.05, 0) is 12.5 Å². The van der Waals surface area contributed by atoms with Crippen molar-refractivity contribution in [3.63, 3.8) is 0 Å². The monoisotopic (exact) mass is 536 g/mol. The zero-order valence-electron chi connectivity index (χ0n) is 17.8. The molecular formula is C20H30ClIN4O3. The lowest BCUT2D eigenvalue weighted by Gasteiger charge is -2.23. The molecule has 1 aromatic heterocycles. The second kappa shape index (κ2) is 12.0. The fourth-order valence-corrected chi connectivity index (χ4v) is 3.32. The minimum Gasteiger partial charge on any atom is -0.496 e. The number of guanidine groups is 1. The second-order valence-corrected chi connectivity index (χ2v) is 6.79. The van der Waals surface area contributed by atoms with Crippen molar-refractivity contribution in [2.45, 2.75) is 13.0 Å². The van der Waals surface area contributed by atoms with Gasteiger partial charge in [0.2, 0.25) is 0 Å². The molecule has 2 rings (SSSR count). The molecule has 0 unspecified atom stereocenters. The molecule has 0 aliphatic carbocycles. The van der Waals surface area contributed by atoms with E-state index in [0.29, 0.717) is 25.3 Å². The Kier molecular flexibility index (Phi) is 10.5. The van der Waals surface area contributed by atoms with Crippen LogP contribution in [0.25, 0.3) is 0 Å². The van der Waals surface area contributed by atoms with Gasteiger partial charge in [-0.1, -0.05) is 11.6 Å². The Morgan fingerprint density at radius 3 is 2.21 bits per heavy atom. The number of nitrogens with zero attached hydrogens (tertiary/aromatic N) is 3. The van der Waals surface area contributed by atoms with Crippen molar-refractivity contribution in [3.05, 3.63) is 40.7 Å². The van der Waals surface area contributed by atoms with Crippen LogP contribution in [-0.2, 0) is 20.0 Å². The van der Waals surface area contributed by atoms with Crippen LogP contribution in [0, 0.1) is 0 Å². The summed E-state index contributed by atoms with van der Waals surface area (Å²) in [6.07, 6.45) is 2.60. The number of aliphatic imine (C=N–C) groups is 1. The van der Waals surface area contributed by atoms with Crippen LogP contribution in [0.2, 0.25) is 5.02 Å². The van der Waals surface area contributed by atoms with Gasteiger partial charge in [0.15, 0.2) is 5.96 Å². The molecular weight excluding hydrogens is 507 g/mol. The van der Waals surface area contributed by atoms with E-state index in [0.717, 1.165) is 33.7 Å². The number of nitrogens with one attached hydrogen (secondary N) is 1. The number of halogens is 2. The van der Waals surface area contributed by atoms with Crippen molar-refractivity contribution in [2.24, 2.45) is 12.0 Å². The first kappa shape index (κ1) is 25.2. The molecule has 0 aliphatic heterocycles. The summed E-state index contributed by atoms with van der Waals surface area (Å²) in [5, 5.41) is 4.12. The largest absolute Gasteiger partial charge is 0.496 e. The van der Waals surface area contributed by atoms with Crippen molar-refractivity contribution >= 4 is 41.5 Å². The zero-order valence-corrected chi connectivity index (χ0v) is 20.9. The number of aryl methyl sites for hydroxylation is 1. The Morgan fingerprint density at radius 1 is 1.14 bits per heavy atom. The number of hydrogen-bond donors (Lipinski definition) is 1. The predicted molar refractivity (Wildman–Crippen MR) is 128 cm³/mol. The lowest BCUT2D eigenvalue weighted by Crippen LogP contribution is -2.39. The molecule has 0 bridgehead atoms. The summed E-state index contributed by atoms with van der Waals surface area (Å²) < 4.78 is 18.3. The molecule has 0 spiro atoms. The number of ether oxygens (including phenoxy) is 3. The van der Waals surface area contributed by atoms with Crippen LogP contribution >= 0.6 is 35.6 Å². The highest BCUT2D eigenvalue weighted by Crippen LogP contribution is 2.34. The number of aromatic nitrogens is 1. The van der Waals surface area contributed by atoms with E-state index in [2.05, 4.69) is 10.3 Å². The van der Waals surface area contributed by atoms with Gasteiger partial charge in [-0.2, -0.15) is 0 Å². The highest BCUT2D eigenvalue weighted by atomic mass is 127. The summed E-state index contributed by atoms with van der Waals surface area (Å²) in [6.45, 7) is 1.36. The fraction of sp³-hybridized carbons (Fsp3) is 0.450. The van der Waals surface area contributed by atoms with E-state index in [1.807, 2.05) is 48.0 Å². The molecule has 1 heterocycles. The Bertz CT molecular complexity index is 801. The Balaban J connectivity index is 0.00000420. The minimum absolute atomic E-state index is 0. The number of methoxy groups -OCH3 is 3. The van der Waals surface area contributed by atoms with Crippen molar-refractivity contribution < 1.29 is 14.2 Å². The number of hydrogen-bond acceptors (Lipinski definition) is 4. The van der Waals surface area contributed by atoms with Gasteiger partial charge in [0, 0.05) is 57.3 Å². The Hall–Kier alpha value is -1.81. The standard InChI is InChI=1S/C20H29ClN4O3.HI/c1-22-20(25(3)13-15-9-14(21)12-24(15)2)23-8-7-17-18(27-5)10-16(26-4)11-19(17)28-6;/h9-12H,7-8,13H2,1-6H3,(H,22,23);1H.